The van der Waals surface area contributed by atoms with Crippen molar-refractivity contribution in [2.75, 3.05) is 7.11 Å². The number of aliphatic carboxylic acids is 1. The van der Waals surface area contributed by atoms with Crippen LogP contribution in [0.15, 0.2) is 42.5 Å². The summed E-state index contributed by atoms with van der Waals surface area (Å²) in [5.74, 6) is -1.69. The van der Waals surface area contributed by atoms with Crippen molar-refractivity contribution < 1.29 is 19.0 Å². The average Bonchev–Trinajstić information content (AvgIpc) is 2.46. The number of nitrogens with zero attached hydrogens (tertiary/aromatic N) is 1. The number of methoxy groups -OCH3 is 1. The molecule has 0 saturated carbocycles. The molecule has 0 fully saturated rings. The van der Waals surface area contributed by atoms with E-state index in [0.29, 0.717) is 17.1 Å². The van der Waals surface area contributed by atoms with E-state index in [1.54, 1.807) is 18.2 Å². The Balaban J connectivity index is 2.25. The van der Waals surface area contributed by atoms with Gasteiger partial charge in [0.25, 0.3) is 0 Å². The zero-order valence-corrected chi connectivity index (χ0v) is 10.9. The standard InChI is InChI=1S/C15H14FNO3/c1-20-14-4-2-3-12(17-14)9-13(15(18)19)10-5-7-11(16)8-6-10/h2-8,13H,9H2,1H3,(H,18,19). The number of rotatable bonds is 5. The molecule has 0 amide bonds. The Morgan fingerprint density at radius 2 is 2.00 bits per heavy atom. The summed E-state index contributed by atoms with van der Waals surface area (Å²) in [7, 11) is 1.50. The summed E-state index contributed by atoms with van der Waals surface area (Å²) in [6.45, 7) is 0. The van der Waals surface area contributed by atoms with E-state index in [2.05, 4.69) is 4.98 Å². The van der Waals surface area contributed by atoms with Crippen LogP contribution in [0, 0.1) is 5.82 Å². The molecule has 20 heavy (non-hydrogen) atoms. The predicted molar refractivity (Wildman–Crippen MR) is 71.3 cm³/mol. The quantitative estimate of drug-likeness (QED) is 0.911. The zero-order chi connectivity index (χ0) is 14.5. The number of carbonyl (C=O) groups is 1. The van der Waals surface area contributed by atoms with Gasteiger partial charge in [0.15, 0.2) is 0 Å². The lowest BCUT2D eigenvalue weighted by Crippen LogP contribution is -2.15. The van der Waals surface area contributed by atoms with Crippen molar-refractivity contribution in [1.29, 1.82) is 0 Å². The third-order valence-electron chi connectivity index (χ3n) is 2.97. The highest BCUT2D eigenvalue weighted by molar-refractivity contribution is 5.76. The molecule has 1 atom stereocenters. The van der Waals surface area contributed by atoms with Crippen LogP contribution in [0.25, 0.3) is 0 Å². The molecule has 4 nitrogen and oxygen atoms in total. The van der Waals surface area contributed by atoms with Crippen LogP contribution in [0.5, 0.6) is 5.88 Å². The topological polar surface area (TPSA) is 59.4 Å². The third-order valence-corrected chi connectivity index (χ3v) is 2.97. The highest BCUT2D eigenvalue weighted by Crippen LogP contribution is 2.22. The van der Waals surface area contributed by atoms with Gasteiger partial charge in [0.05, 0.1) is 13.0 Å². The van der Waals surface area contributed by atoms with Crippen LogP contribution in [-0.4, -0.2) is 23.2 Å². The SMILES string of the molecule is COc1cccc(CC(C(=O)O)c2ccc(F)cc2)n1. The molecule has 2 aromatic rings. The van der Waals surface area contributed by atoms with Crippen molar-refractivity contribution in [3.8, 4) is 5.88 Å². The van der Waals surface area contributed by atoms with Crippen molar-refractivity contribution >= 4 is 5.97 Å². The fourth-order valence-electron chi connectivity index (χ4n) is 1.94. The van der Waals surface area contributed by atoms with Crippen LogP contribution >= 0.6 is 0 Å². The number of pyridine rings is 1. The molecular weight excluding hydrogens is 261 g/mol. The summed E-state index contributed by atoms with van der Waals surface area (Å²) in [4.78, 5) is 15.6. The molecule has 1 N–H and O–H groups in total. The Morgan fingerprint density at radius 1 is 1.30 bits per heavy atom. The molecule has 0 aliphatic heterocycles. The van der Waals surface area contributed by atoms with Gasteiger partial charge in [-0.05, 0) is 23.8 Å². The van der Waals surface area contributed by atoms with Crippen LogP contribution in [0.1, 0.15) is 17.2 Å². The molecule has 0 aliphatic carbocycles. The van der Waals surface area contributed by atoms with Gasteiger partial charge in [-0.25, -0.2) is 9.37 Å². The highest BCUT2D eigenvalue weighted by Gasteiger charge is 2.21. The Bertz CT molecular complexity index is 598. The molecule has 0 spiro atoms. The van der Waals surface area contributed by atoms with Crippen LogP contribution in [0.3, 0.4) is 0 Å². The first kappa shape index (κ1) is 14.0. The van der Waals surface area contributed by atoms with E-state index in [4.69, 9.17) is 4.74 Å². The first-order valence-corrected chi connectivity index (χ1v) is 6.08. The molecule has 0 bridgehead atoms. The molecule has 2 rings (SSSR count). The normalized spacial score (nSPS) is 11.9. The second-order valence-electron chi connectivity index (χ2n) is 4.32. The highest BCUT2D eigenvalue weighted by atomic mass is 19.1. The maximum atomic E-state index is 12.9. The molecular formula is C15H14FNO3. The van der Waals surface area contributed by atoms with Crippen LogP contribution in [0.4, 0.5) is 4.39 Å². The van der Waals surface area contributed by atoms with Gasteiger partial charge in [-0.1, -0.05) is 18.2 Å². The van der Waals surface area contributed by atoms with Crippen molar-refractivity contribution in [3.63, 3.8) is 0 Å². The van der Waals surface area contributed by atoms with Crippen LogP contribution < -0.4 is 4.74 Å². The number of halogens is 1. The van der Waals surface area contributed by atoms with E-state index in [1.807, 2.05) is 0 Å². The lowest BCUT2D eigenvalue weighted by atomic mass is 9.94. The summed E-state index contributed by atoms with van der Waals surface area (Å²) in [6.07, 6.45) is 0.220. The van der Waals surface area contributed by atoms with Crippen molar-refractivity contribution in [3.05, 3.63) is 59.5 Å². The summed E-state index contributed by atoms with van der Waals surface area (Å²) in [5, 5.41) is 9.33. The van der Waals surface area contributed by atoms with Gasteiger partial charge in [0.1, 0.15) is 5.82 Å². The smallest absolute Gasteiger partial charge is 0.311 e. The van der Waals surface area contributed by atoms with E-state index in [-0.39, 0.29) is 6.42 Å². The fourth-order valence-corrected chi connectivity index (χ4v) is 1.94. The second-order valence-corrected chi connectivity index (χ2v) is 4.32. The van der Waals surface area contributed by atoms with Gasteiger partial charge in [-0.15, -0.1) is 0 Å². The number of ether oxygens (including phenoxy) is 1. The van der Waals surface area contributed by atoms with Crippen LogP contribution in [0.2, 0.25) is 0 Å². The molecule has 104 valence electrons. The monoisotopic (exact) mass is 275 g/mol. The number of aromatic nitrogens is 1. The zero-order valence-electron chi connectivity index (χ0n) is 10.9. The Morgan fingerprint density at radius 3 is 2.60 bits per heavy atom. The predicted octanol–water partition coefficient (Wildman–Crippen LogP) is 2.64. The van der Waals surface area contributed by atoms with Crippen LogP contribution in [-0.2, 0) is 11.2 Å². The van der Waals surface area contributed by atoms with Gasteiger partial charge in [-0.2, -0.15) is 0 Å². The maximum absolute atomic E-state index is 12.9. The van der Waals surface area contributed by atoms with Gasteiger partial charge in [0, 0.05) is 18.2 Å². The number of hydrogen-bond donors (Lipinski definition) is 1. The minimum Gasteiger partial charge on any atom is -0.481 e. The molecule has 5 heteroatoms. The summed E-state index contributed by atoms with van der Waals surface area (Å²) in [5.41, 5.74) is 1.16. The molecule has 0 aliphatic rings. The molecule has 0 saturated heterocycles. The number of carboxylic acids is 1. The lowest BCUT2D eigenvalue weighted by molar-refractivity contribution is -0.138. The summed E-state index contributed by atoms with van der Waals surface area (Å²) < 4.78 is 17.9. The number of benzene rings is 1. The molecule has 1 unspecified atom stereocenters. The van der Waals surface area contributed by atoms with Gasteiger partial charge >= 0.3 is 5.97 Å². The van der Waals surface area contributed by atoms with E-state index < -0.39 is 17.7 Å². The maximum Gasteiger partial charge on any atom is 0.311 e. The average molecular weight is 275 g/mol. The van der Waals surface area contributed by atoms with E-state index in [9.17, 15) is 14.3 Å². The van der Waals surface area contributed by atoms with Crippen molar-refractivity contribution in [2.24, 2.45) is 0 Å². The molecule has 1 aromatic carbocycles. The third kappa shape index (κ3) is 3.32. The summed E-state index contributed by atoms with van der Waals surface area (Å²) >= 11 is 0. The van der Waals surface area contributed by atoms with E-state index >= 15 is 0 Å². The van der Waals surface area contributed by atoms with Crippen molar-refractivity contribution in [2.45, 2.75) is 12.3 Å². The number of carboxylic acid groups (broad SMARTS) is 1. The molecule has 1 heterocycles. The Hall–Kier alpha value is -2.43. The van der Waals surface area contributed by atoms with Gasteiger partial charge in [-0.3, -0.25) is 4.79 Å². The molecule has 1 aromatic heterocycles. The lowest BCUT2D eigenvalue weighted by Gasteiger charge is -2.12. The van der Waals surface area contributed by atoms with Gasteiger partial charge < -0.3 is 9.84 Å². The number of hydrogen-bond acceptors (Lipinski definition) is 3. The van der Waals surface area contributed by atoms with E-state index in [0.717, 1.165) is 0 Å². The Kier molecular flexibility index (Phi) is 4.30. The first-order chi connectivity index (χ1) is 9.60. The second kappa shape index (κ2) is 6.14. The summed E-state index contributed by atoms with van der Waals surface area (Å²) in [6, 6.07) is 10.7. The first-order valence-electron chi connectivity index (χ1n) is 6.08. The molecule has 0 radical (unpaired) electrons. The van der Waals surface area contributed by atoms with Gasteiger partial charge in [0.2, 0.25) is 5.88 Å². The van der Waals surface area contributed by atoms with Crippen molar-refractivity contribution in [1.82, 2.24) is 4.98 Å². The largest absolute Gasteiger partial charge is 0.481 e. The minimum absolute atomic E-state index is 0.220. The van der Waals surface area contributed by atoms with E-state index in [1.165, 1.54) is 31.4 Å². The Labute approximate surface area is 115 Å². The minimum atomic E-state index is -0.971. The fraction of sp³-hybridized carbons (Fsp3) is 0.200.